The molecule has 0 spiro atoms. The van der Waals surface area contributed by atoms with Gasteiger partial charge >= 0.3 is 0 Å². The summed E-state index contributed by atoms with van der Waals surface area (Å²) in [5.41, 5.74) is 3.55. The minimum absolute atomic E-state index is 0.289. The van der Waals surface area contributed by atoms with Crippen molar-refractivity contribution in [2.24, 2.45) is 5.10 Å². The number of carbonyl (C=O) groups is 1. The van der Waals surface area contributed by atoms with Crippen LogP contribution in [-0.2, 0) is 0 Å². The van der Waals surface area contributed by atoms with Gasteiger partial charge in [-0.1, -0.05) is 35.3 Å². The lowest BCUT2D eigenvalue weighted by atomic mass is 10.2. The second-order valence-electron chi connectivity index (χ2n) is 3.84. The zero-order valence-corrected chi connectivity index (χ0v) is 13.8. The number of hydrogen-bond acceptors (Lipinski definition) is 2. The average molecular weight is 419 g/mol. The first kappa shape index (κ1) is 15.3. The predicted molar refractivity (Wildman–Crippen MR) is 90.7 cm³/mol. The van der Waals surface area contributed by atoms with Crippen LogP contribution in [0.1, 0.15) is 15.9 Å². The van der Waals surface area contributed by atoms with E-state index in [1.807, 2.05) is 12.1 Å². The van der Waals surface area contributed by atoms with Gasteiger partial charge in [0.25, 0.3) is 5.91 Å². The third-order valence-corrected chi connectivity index (χ3v) is 3.78. The molecule has 20 heavy (non-hydrogen) atoms. The number of benzene rings is 2. The van der Waals surface area contributed by atoms with Crippen molar-refractivity contribution in [3.8, 4) is 0 Å². The molecule has 2 aromatic rings. The first-order chi connectivity index (χ1) is 9.58. The molecule has 0 atom stereocenters. The smallest absolute Gasteiger partial charge is 0.267 e. The Morgan fingerprint density at radius 3 is 2.45 bits per heavy atom. The Kier molecular flexibility index (Phi) is 5.39. The Bertz CT molecular complexity index is 654. The molecule has 0 aliphatic heterocycles. The molecule has 0 aliphatic rings. The van der Waals surface area contributed by atoms with Gasteiger partial charge in [-0.15, -0.1) is 0 Å². The number of nitrogens with one attached hydrogen (secondary N) is 1. The number of rotatable bonds is 3. The monoisotopic (exact) mass is 418 g/mol. The fourth-order valence-electron chi connectivity index (χ4n) is 1.48. The maximum atomic E-state index is 11.9. The van der Waals surface area contributed by atoms with E-state index in [9.17, 15) is 4.79 Å². The summed E-state index contributed by atoms with van der Waals surface area (Å²) >= 11 is 14.1. The first-order valence-corrected chi connectivity index (χ1v) is 7.44. The third kappa shape index (κ3) is 3.94. The van der Waals surface area contributed by atoms with Crippen molar-refractivity contribution in [3.63, 3.8) is 0 Å². The van der Waals surface area contributed by atoms with Gasteiger partial charge in [0, 0.05) is 14.7 Å². The highest BCUT2D eigenvalue weighted by Gasteiger charge is 2.05. The van der Waals surface area contributed by atoms with Crippen LogP contribution in [0, 0.1) is 3.57 Å². The van der Waals surface area contributed by atoms with Gasteiger partial charge in [-0.05, 0) is 52.9 Å². The van der Waals surface area contributed by atoms with Crippen LogP contribution in [0.2, 0.25) is 10.0 Å². The molecule has 6 heteroatoms. The summed E-state index contributed by atoms with van der Waals surface area (Å²) < 4.78 is 0.980. The van der Waals surface area contributed by atoms with Gasteiger partial charge in [0.2, 0.25) is 0 Å². The molecule has 1 amide bonds. The van der Waals surface area contributed by atoms with E-state index in [2.05, 4.69) is 33.1 Å². The van der Waals surface area contributed by atoms with E-state index in [-0.39, 0.29) is 5.91 Å². The standard InChI is InChI=1S/C14H9Cl2IN2O/c15-12-5-2-6-13(16)11(12)8-18-19-14(20)9-3-1-4-10(17)7-9/h1-8H,(H,19,20). The van der Waals surface area contributed by atoms with E-state index < -0.39 is 0 Å². The zero-order chi connectivity index (χ0) is 14.5. The van der Waals surface area contributed by atoms with E-state index in [4.69, 9.17) is 23.2 Å². The van der Waals surface area contributed by atoms with Crippen LogP contribution >= 0.6 is 45.8 Å². The minimum Gasteiger partial charge on any atom is -0.267 e. The summed E-state index contributed by atoms with van der Waals surface area (Å²) in [6.45, 7) is 0. The van der Waals surface area contributed by atoms with Gasteiger partial charge in [-0.3, -0.25) is 4.79 Å². The first-order valence-electron chi connectivity index (χ1n) is 5.61. The van der Waals surface area contributed by atoms with E-state index >= 15 is 0 Å². The van der Waals surface area contributed by atoms with Crippen molar-refractivity contribution < 1.29 is 4.79 Å². The molecule has 0 unspecified atom stereocenters. The lowest BCUT2D eigenvalue weighted by molar-refractivity contribution is 0.0955. The zero-order valence-electron chi connectivity index (χ0n) is 10.1. The van der Waals surface area contributed by atoms with Crippen LogP contribution in [0.3, 0.4) is 0 Å². The second kappa shape index (κ2) is 7.06. The molecule has 3 nitrogen and oxygen atoms in total. The van der Waals surface area contributed by atoms with Crippen LogP contribution in [0.15, 0.2) is 47.6 Å². The summed E-state index contributed by atoms with van der Waals surface area (Å²) in [4.78, 5) is 11.9. The maximum absolute atomic E-state index is 11.9. The van der Waals surface area contributed by atoms with Gasteiger partial charge in [-0.2, -0.15) is 5.10 Å². The Hall–Kier alpha value is -1.11. The molecule has 1 N–H and O–H groups in total. The average Bonchev–Trinajstić information content (AvgIpc) is 2.42. The molecular formula is C14H9Cl2IN2O. The van der Waals surface area contributed by atoms with E-state index in [0.717, 1.165) is 3.57 Å². The highest BCUT2D eigenvalue weighted by Crippen LogP contribution is 2.22. The van der Waals surface area contributed by atoms with Crippen LogP contribution in [0.25, 0.3) is 0 Å². The van der Waals surface area contributed by atoms with Crippen LogP contribution in [0.5, 0.6) is 0 Å². The number of carbonyl (C=O) groups excluding carboxylic acids is 1. The van der Waals surface area contributed by atoms with Crippen molar-refractivity contribution in [2.45, 2.75) is 0 Å². The summed E-state index contributed by atoms with van der Waals surface area (Å²) in [7, 11) is 0. The molecule has 2 aromatic carbocycles. The fraction of sp³-hybridized carbons (Fsp3) is 0. The molecule has 0 fully saturated rings. The number of hydrazone groups is 1. The topological polar surface area (TPSA) is 41.5 Å². The summed E-state index contributed by atoms with van der Waals surface area (Å²) in [6, 6.07) is 12.4. The highest BCUT2D eigenvalue weighted by atomic mass is 127. The Balaban J connectivity index is 2.09. The van der Waals surface area contributed by atoms with Crippen molar-refractivity contribution >= 4 is 57.9 Å². The molecular weight excluding hydrogens is 410 g/mol. The molecule has 0 aliphatic carbocycles. The summed E-state index contributed by atoms with van der Waals surface area (Å²) in [6.07, 6.45) is 1.43. The largest absolute Gasteiger partial charge is 0.271 e. The lowest BCUT2D eigenvalue weighted by Crippen LogP contribution is -2.17. The Morgan fingerprint density at radius 1 is 1.15 bits per heavy atom. The SMILES string of the molecule is O=C(NN=Cc1c(Cl)cccc1Cl)c1cccc(I)c1. The quantitative estimate of drug-likeness (QED) is 0.449. The fourth-order valence-corrected chi connectivity index (χ4v) is 2.52. The van der Waals surface area contributed by atoms with Crippen LogP contribution < -0.4 is 5.43 Å². The highest BCUT2D eigenvalue weighted by molar-refractivity contribution is 14.1. The molecule has 102 valence electrons. The number of hydrogen-bond donors (Lipinski definition) is 1. The molecule has 0 heterocycles. The van der Waals surface area contributed by atoms with Crippen molar-refractivity contribution in [1.82, 2.24) is 5.43 Å². The van der Waals surface area contributed by atoms with Crippen molar-refractivity contribution in [1.29, 1.82) is 0 Å². The number of amides is 1. The van der Waals surface area contributed by atoms with Crippen LogP contribution in [-0.4, -0.2) is 12.1 Å². The predicted octanol–water partition coefficient (Wildman–Crippen LogP) is 4.36. The van der Waals surface area contributed by atoms with Gasteiger partial charge < -0.3 is 0 Å². The van der Waals surface area contributed by atoms with Gasteiger partial charge in [0.1, 0.15) is 0 Å². The maximum Gasteiger partial charge on any atom is 0.271 e. The van der Waals surface area contributed by atoms with Crippen molar-refractivity contribution in [3.05, 3.63) is 67.2 Å². The molecule has 0 saturated carbocycles. The van der Waals surface area contributed by atoms with Gasteiger partial charge in [0.05, 0.1) is 16.3 Å². The summed E-state index contributed by atoms with van der Waals surface area (Å²) in [5, 5.41) is 4.83. The molecule has 0 radical (unpaired) electrons. The molecule has 0 aromatic heterocycles. The van der Waals surface area contributed by atoms with E-state index in [0.29, 0.717) is 21.2 Å². The van der Waals surface area contributed by atoms with Gasteiger partial charge in [0.15, 0.2) is 0 Å². The molecule has 0 saturated heterocycles. The van der Waals surface area contributed by atoms with Crippen LogP contribution in [0.4, 0.5) is 0 Å². The molecule has 0 bridgehead atoms. The Morgan fingerprint density at radius 2 is 1.80 bits per heavy atom. The van der Waals surface area contributed by atoms with E-state index in [1.165, 1.54) is 6.21 Å². The molecule has 2 rings (SSSR count). The van der Waals surface area contributed by atoms with Gasteiger partial charge in [-0.25, -0.2) is 5.43 Å². The van der Waals surface area contributed by atoms with Crippen molar-refractivity contribution in [2.75, 3.05) is 0 Å². The third-order valence-electron chi connectivity index (χ3n) is 2.45. The summed E-state index contributed by atoms with van der Waals surface area (Å²) in [5.74, 6) is -0.289. The van der Waals surface area contributed by atoms with E-state index in [1.54, 1.807) is 30.3 Å². The lowest BCUT2D eigenvalue weighted by Gasteiger charge is -2.02. The second-order valence-corrected chi connectivity index (χ2v) is 5.90. The number of halogens is 3. The normalized spacial score (nSPS) is 10.8. The minimum atomic E-state index is -0.289. The Labute approximate surface area is 140 Å². The number of nitrogens with zero attached hydrogens (tertiary/aromatic N) is 1.